The summed E-state index contributed by atoms with van der Waals surface area (Å²) < 4.78 is 16.5. The van der Waals surface area contributed by atoms with Crippen molar-refractivity contribution in [3.63, 3.8) is 0 Å². The SMILES string of the molecule is O=C(CCCCC1SCC2NC(O)NC21)NCCCOCCOCCOCCCC(=O)NC1=CC=CC(B(O)O)C1. The van der Waals surface area contributed by atoms with E-state index >= 15 is 0 Å². The van der Waals surface area contributed by atoms with E-state index in [2.05, 4.69) is 21.3 Å². The number of ether oxygens (including phenoxy) is 3. The second-order valence-electron chi connectivity index (χ2n) is 10.5. The van der Waals surface area contributed by atoms with Crippen molar-refractivity contribution in [2.45, 2.75) is 80.9 Å². The first kappa shape index (κ1) is 34.0. The van der Waals surface area contributed by atoms with Crippen molar-refractivity contribution in [3.05, 3.63) is 23.9 Å². The standard InChI is InChI=1S/C27H47BN4O8S/c33-24(9-2-1-8-23-26-22(19-41-23)31-27(35)32-26)29-11-5-13-39-15-17-40-16-14-38-12-4-10-25(34)30-21-7-3-6-20(18-21)28(36)37/h3,6-7,20,22-23,26-27,31-32,35-37H,1-2,4-5,8-19H2,(H,29,33)(H,30,34). The van der Waals surface area contributed by atoms with Gasteiger partial charge in [-0.1, -0.05) is 18.6 Å². The van der Waals surface area contributed by atoms with Gasteiger partial charge in [0, 0.05) is 67.2 Å². The number of amides is 2. The van der Waals surface area contributed by atoms with Crippen LogP contribution in [0.2, 0.25) is 5.82 Å². The molecule has 1 aliphatic carbocycles. The molecule has 3 aliphatic rings. The highest BCUT2D eigenvalue weighted by Gasteiger charge is 2.42. The van der Waals surface area contributed by atoms with E-state index in [1.807, 2.05) is 11.8 Å². The van der Waals surface area contributed by atoms with Gasteiger partial charge in [-0.2, -0.15) is 11.8 Å². The fraction of sp³-hybridized carbons (Fsp3) is 0.778. The minimum atomic E-state index is -1.44. The van der Waals surface area contributed by atoms with Gasteiger partial charge in [-0.15, -0.1) is 0 Å². The molecule has 0 saturated carbocycles. The maximum atomic E-state index is 12.0. The van der Waals surface area contributed by atoms with Crippen molar-refractivity contribution in [2.75, 3.05) is 51.9 Å². The number of allylic oxidation sites excluding steroid dienone is 4. The Hall–Kier alpha value is -1.49. The van der Waals surface area contributed by atoms with Gasteiger partial charge in [0.05, 0.1) is 26.4 Å². The van der Waals surface area contributed by atoms with Crippen LogP contribution >= 0.6 is 11.8 Å². The van der Waals surface area contributed by atoms with Gasteiger partial charge >= 0.3 is 7.12 Å². The fourth-order valence-electron chi connectivity index (χ4n) is 5.01. The number of unbranched alkanes of at least 4 members (excludes halogenated alkanes) is 1. The average molecular weight is 599 g/mol. The quantitative estimate of drug-likeness (QED) is 0.0702. The molecule has 0 aromatic rings. The number of fused-ring (bicyclic) bond motifs is 1. The molecule has 5 unspecified atom stereocenters. The van der Waals surface area contributed by atoms with Gasteiger partial charge in [-0.3, -0.25) is 20.2 Å². The zero-order valence-corrected chi connectivity index (χ0v) is 24.6. The van der Waals surface area contributed by atoms with Gasteiger partial charge in [0.1, 0.15) is 0 Å². The van der Waals surface area contributed by atoms with E-state index in [0.717, 1.165) is 31.4 Å². The minimum Gasteiger partial charge on any atom is -0.427 e. The molecule has 2 fully saturated rings. The summed E-state index contributed by atoms with van der Waals surface area (Å²) in [6.45, 7) is 3.46. The van der Waals surface area contributed by atoms with E-state index in [0.29, 0.717) is 94.9 Å². The predicted octanol–water partition coefficient (Wildman–Crippen LogP) is 0.00740. The molecular formula is C27H47BN4O8S. The predicted molar refractivity (Wildman–Crippen MR) is 158 cm³/mol. The van der Waals surface area contributed by atoms with Crippen molar-refractivity contribution >= 4 is 30.7 Å². The van der Waals surface area contributed by atoms with Crippen LogP contribution in [0.1, 0.15) is 51.4 Å². The van der Waals surface area contributed by atoms with Crippen molar-refractivity contribution in [3.8, 4) is 0 Å². The lowest BCUT2D eigenvalue weighted by molar-refractivity contribution is -0.121. The molecule has 12 nitrogen and oxygen atoms in total. The van der Waals surface area contributed by atoms with Crippen LogP contribution in [0.15, 0.2) is 23.9 Å². The topological polar surface area (TPSA) is 171 Å². The summed E-state index contributed by atoms with van der Waals surface area (Å²) in [7, 11) is -1.44. The fourth-order valence-corrected chi connectivity index (χ4v) is 6.57. The number of aliphatic hydroxyl groups excluding tert-OH is 1. The van der Waals surface area contributed by atoms with Crippen LogP contribution in [0.25, 0.3) is 0 Å². The van der Waals surface area contributed by atoms with Crippen molar-refractivity contribution in [1.29, 1.82) is 0 Å². The van der Waals surface area contributed by atoms with Gasteiger partial charge in [0.15, 0.2) is 6.35 Å². The molecule has 0 spiro atoms. The summed E-state index contributed by atoms with van der Waals surface area (Å²) >= 11 is 1.94. The number of carbonyl (C=O) groups excluding carboxylic acids is 2. The number of rotatable bonds is 21. The van der Waals surface area contributed by atoms with Gasteiger partial charge in [0.25, 0.3) is 0 Å². The van der Waals surface area contributed by atoms with Crippen LogP contribution in [0, 0.1) is 0 Å². The Morgan fingerprint density at radius 1 is 0.951 bits per heavy atom. The van der Waals surface area contributed by atoms with E-state index in [1.54, 1.807) is 18.2 Å². The zero-order chi connectivity index (χ0) is 29.3. The first-order valence-electron chi connectivity index (χ1n) is 14.8. The van der Waals surface area contributed by atoms with E-state index in [1.165, 1.54) is 0 Å². The summed E-state index contributed by atoms with van der Waals surface area (Å²) in [6, 6.07) is 0.668. The molecule has 232 valence electrons. The Morgan fingerprint density at radius 2 is 1.66 bits per heavy atom. The van der Waals surface area contributed by atoms with Crippen LogP contribution in [0.4, 0.5) is 0 Å². The first-order chi connectivity index (χ1) is 19.9. The lowest BCUT2D eigenvalue weighted by Crippen LogP contribution is -2.38. The molecule has 41 heavy (non-hydrogen) atoms. The molecular weight excluding hydrogens is 551 g/mol. The van der Waals surface area contributed by atoms with E-state index in [9.17, 15) is 24.7 Å². The maximum absolute atomic E-state index is 12.0. The van der Waals surface area contributed by atoms with Crippen LogP contribution in [-0.4, -0.2) is 110 Å². The van der Waals surface area contributed by atoms with Crippen molar-refractivity contribution < 1.29 is 39.0 Å². The molecule has 0 aromatic carbocycles. The normalized spacial score (nSPS) is 25.1. The highest BCUT2D eigenvalue weighted by molar-refractivity contribution is 8.00. The third-order valence-electron chi connectivity index (χ3n) is 7.21. The second kappa shape index (κ2) is 19.7. The Labute approximate surface area is 247 Å². The molecule has 5 atom stereocenters. The van der Waals surface area contributed by atoms with Gasteiger partial charge in [-0.05, 0) is 38.2 Å². The van der Waals surface area contributed by atoms with Gasteiger partial charge < -0.3 is 40.0 Å². The minimum absolute atomic E-state index is 0.0814. The molecule has 3 rings (SSSR count). The number of nitrogens with one attached hydrogen (secondary N) is 4. The smallest absolute Gasteiger partial charge is 0.427 e. The van der Waals surface area contributed by atoms with Crippen LogP contribution in [0.3, 0.4) is 0 Å². The third-order valence-corrected chi connectivity index (χ3v) is 8.72. The number of hydrogen-bond acceptors (Lipinski definition) is 11. The average Bonchev–Trinajstić information content (AvgIpc) is 3.50. The number of thioether (sulfide) groups is 1. The molecule has 7 N–H and O–H groups in total. The molecule has 2 heterocycles. The van der Waals surface area contributed by atoms with Crippen LogP contribution < -0.4 is 21.3 Å². The number of carbonyl (C=O) groups is 2. The van der Waals surface area contributed by atoms with E-state index < -0.39 is 19.3 Å². The molecule has 0 bridgehead atoms. The van der Waals surface area contributed by atoms with Gasteiger partial charge in [-0.25, -0.2) is 0 Å². The largest absolute Gasteiger partial charge is 0.459 e. The molecule has 0 aromatic heterocycles. The van der Waals surface area contributed by atoms with Crippen molar-refractivity contribution in [1.82, 2.24) is 21.3 Å². The summed E-state index contributed by atoms with van der Waals surface area (Å²) in [5.41, 5.74) is 0.679. The lowest BCUT2D eigenvalue weighted by atomic mass is 9.69. The Balaban J connectivity index is 1.02. The third kappa shape index (κ3) is 13.6. The summed E-state index contributed by atoms with van der Waals surface area (Å²) in [5, 5.41) is 40.8. The molecule has 2 saturated heterocycles. The number of aliphatic hydroxyl groups is 1. The monoisotopic (exact) mass is 598 g/mol. The van der Waals surface area contributed by atoms with Crippen LogP contribution in [-0.2, 0) is 23.8 Å². The zero-order valence-electron chi connectivity index (χ0n) is 23.8. The molecule has 0 radical (unpaired) electrons. The Kier molecular flexibility index (Phi) is 16.3. The molecule has 14 heteroatoms. The lowest BCUT2D eigenvalue weighted by Gasteiger charge is -2.18. The highest BCUT2D eigenvalue weighted by atomic mass is 32.2. The summed E-state index contributed by atoms with van der Waals surface area (Å²) in [6.07, 6.45) is 10.1. The summed E-state index contributed by atoms with van der Waals surface area (Å²) in [5.74, 6) is 0.575. The highest BCUT2D eigenvalue weighted by Crippen LogP contribution is 2.33. The van der Waals surface area contributed by atoms with Gasteiger partial charge in [0.2, 0.25) is 11.8 Å². The van der Waals surface area contributed by atoms with E-state index in [-0.39, 0.29) is 11.8 Å². The van der Waals surface area contributed by atoms with E-state index in [4.69, 9.17) is 14.2 Å². The Morgan fingerprint density at radius 3 is 2.41 bits per heavy atom. The second-order valence-corrected chi connectivity index (χ2v) is 11.8. The molecule has 2 amide bonds. The number of hydrogen-bond donors (Lipinski definition) is 7. The van der Waals surface area contributed by atoms with Crippen molar-refractivity contribution in [2.24, 2.45) is 0 Å². The summed E-state index contributed by atoms with van der Waals surface area (Å²) in [4.78, 5) is 24.1. The first-order valence-corrected chi connectivity index (χ1v) is 15.8. The van der Waals surface area contributed by atoms with Crippen LogP contribution in [0.5, 0.6) is 0 Å². The maximum Gasteiger partial charge on any atom is 0.459 e. The Bertz CT molecular complexity index is 852. The molecule has 2 aliphatic heterocycles.